The molecule has 0 aliphatic carbocycles. The number of fused-ring (bicyclic) bond motifs is 5. The van der Waals surface area contributed by atoms with Crippen LogP contribution in [-0.4, -0.2) is 304 Å². The highest BCUT2D eigenvalue weighted by molar-refractivity contribution is 7.59. The first-order valence-electron chi connectivity index (χ1n) is 45.9. The SMILES string of the molecule is C.S.S.[C-]#[N+]C[C@H]1CN(c2nc(OC[C@@H]3CCCN3C)nc3c2CCN(c2cccc(C)c2C)C3)CCN1C(=O)/C=C\Cl.[C-]#[N+]C[C@H]1CN(c2nc(OC[C@@H]3CCCN3C)nc3c2CCN(c2cccc4cccc(C)c24)C3)CCN1C(=O)/C=C/CF.[C-]#[N+]C[C@H]1CN(c2nc(OC[C@@H]3CCCN3C)nc3c2CCN(c2cccc4cccc(Cl)c24)C3)CCN1C(=O)/C(F)=C\CN(C)C. The van der Waals surface area contributed by atoms with Crippen molar-refractivity contribution in [2.45, 2.75) is 142 Å². The normalized spacial score (nSPS) is 20.4. The number of aromatic nitrogens is 6. The summed E-state index contributed by atoms with van der Waals surface area (Å²) in [4.78, 5) is 107. The fourth-order valence-electron chi connectivity index (χ4n) is 19.9. The molecule has 28 nitrogen and oxygen atoms in total. The third-order valence-electron chi connectivity index (χ3n) is 27.3. The van der Waals surface area contributed by atoms with Crippen LogP contribution in [0.5, 0.6) is 18.0 Å². The van der Waals surface area contributed by atoms with E-state index < -0.39 is 24.5 Å². The highest BCUT2D eigenvalue weighted by atomic mass is 35.5. The summed E-state index contributed by atoms with van der Waals surface area (Å²) >= 11 is 12.4. The number of piperazine rings is 3. The van der Waals surface area contributed by atoms with Crippen LogP contribution in [0.2, 0.25) is 5.02 Å². The van der Waals surface area contributed by atoms with Crippen molar-refractivity contribution >= 4 is 124 Å². The number of allylic oxidation sites excluding steroid dienone is 1. The topological polar surface area (TPSA) is 211 Å². The molecular formula is C100H128Cl2F2N22O6S2. The maximum Gasteiger partial charge on any atom is 0.318 e. The minimum atomic E-state index is -0.789. The van der Waals surface area contributed by atoms with Gasteiger partial charge in [0.2, 0.25) is 31.4 Å². The molecule has 0 radical (unpaired) electrons. The smallest absolute Gasteiger partial charge is 0.318 e. The van der Waals surface area contributed by atoms with Gasteiger partial charge < -0.3 is 92.4 Å². The maximum atomic E-state index is 14.9. The largest absolute Gasteiger partial charge is 0.462 e. The van der Waals surface area contributed by atoms with Crippen molar-refractivity contribution in [3.63, 3.8) is 0 Å². The molecule has 6 atom stereocenters. The van der Waals surface area contributed by atoms with Crippen LogP contribution in [0, 0.1) is 40.5 Å². The van der Waals surface area contributed by atoms with Crippen molar-refractivity contribution < 1.29 is 37.4 Å². The zero-order valence-electron chi connectivity index (χ0n) is 77.6. The van der Waals surface area contributed by atoms with Gasteiger partial charge in [-0.1, -0.05) is 97.4 Å². The number of hydrogen-bond acceptors (Lipinski definition) is 22. The summed E-state index contributed by atoms with van der Waals surface area (Å²) in [5, 5.41) is 5.30. The van der Waals surface area contributed by atoms with Gasteiger partial charge >= 0.3 is 18.0 Å². The molecule has 0 unspecified atom stereocenters. The lowest BCUT2D eigenvalue weighted by Crippen LogP contribution is -2.57. The molecule has 9 aliphatic rings. The Kier molecular flexibility index (Phi) is 36.2. The van der Waals surface area contributed by atoms with Crippen LogP contribution in [0.15, 0.2) is 127 Å². The van der Waals surface area contributed by atoms with Crippen LogP contribution < -0.4 is 43.6 Å². The number of carbonyl (C=O) groups is 3. The number of ether oxygens (including phenoxy) is 3. The second-order valence-electron chi connectivity index (χ2n) is 35.9. The van der Waals surface area contributed by atoms with Gasteiger partial charge in [-0.3, -0.25) is 14.4 Å². The lowest BCUT2D eigenvalue weighted by atomic mass is 9.99. The lowest BCUT2D eigenvalue weighted by molar-refractivity contribution is -0.131. The number of hydrogen-bond donors (Lipinski definition) is 0. The van der Waals surface area contributed by atoms with Crippen LogP contribution in [0.25, 0.3) is 36.1 Å². The van der Waals surface area contributed by atoms with Crippen LogP contribution in [-0.2, 0) is 53.3 Å². The number of likely N-dealkylation sites (N-methyl/N-ethyl adjacent to an activating group) is 4. The van der Waals surface area contributed by atoms with Gasteiger partial charge in [0.15, 0.2) is 5.83 Å². The number of anilines is 6. The number of aryl methyl sites for hydroxylation is 2. The van der Waals surface area contributed by atoms with E-state index in [1.54, 1.807) is 14.7 Å². The second kappa shape index (κ2) is 47.6. The standard InChI is InChI=1S/C35H42ClFN8O2.C34H40FN7O2.C30H38ClN7O2.CH4.2H2S/c1-38-20-26-21-44(18-19-45(26)34(46)29(37)14-16-41(2)3)33-27-13-17-43(31-12-6-9-24-8-5-11-28(36)32(24)31)22-30(27)39-35(40-33)47-23-25-10-7-15-42(25)4;1-24-8-4-9-25-10-5-12-30(32(24)25)40-17-14-28-29(22-40)37-34(44-23-26-11-7-16-39(26)3)38-33(28)41-18-19-42(27(21-41)20-36-2)31(43)13-6-15-35;1-21-7-5-9-27(22(21)2)36-14-11-25-26(19-36)33-30(40-20-23-8-6-13-35(23)4)34-29(25)37-15-16-38(28(39)10-12-31)24(18-37)17-32-3;;;/h5-6,8-9,11-12,14,25-26H,7,10,13,15-23H2,2-4H3;4-6,8-10,12-13,26-27H,7,11,14-23H2,1,3H3;5,7,9-10,12,23-24H,6,8,11,13-20H2,1-2,4H3;1H4;2*1H2/b29-14+;13-6+;12-10-;;;/t25-,26-;26-,27-;23-,24-;;;/m000.../s1. The zero-order valence-corrected chi connectivity index (χ0v) is 81.1. The molecular weight excluding hydrogens is 1780 g/mol. The highest BCUT2D eigenvalue weighted by Gasteiger charge is 2.41. The number of rotatable bonds is 24. The Morgan fingerprint density at radius 3 is 1.28 bits per heavy atom. The van der Waals surface area contributed by atoms with E-state index in [0.717, 1.165) is 152 Å². The average Bonchev–Trinajstić information content (AvgIpc) is 1.12. The highest BCUT2D eigenvalue weighted by Crippen LogP contribution is 2.42. The predicted molar refractivity (Wildman–Crippen MR) is 540 cm³/mol. The summed E-state index contributed by atoms with van der Waals surface area (Å²) < 4.78 is 46.5. The Bertz CT molecular complexity index is 5670. The Balaban J connectivity index is 0.000000180. The van der Waals surface area contributed by atoms with Gasteiger partial charge in [-0.25, -0.2) is 28.5 Å². The first-order valence-corrected chi connectivity index (χ1v) is 46.7. The number of benzene rings is 5. The molecule has 0 N–H and O–H groups in total. The summed E-state index contributed by atoms with van der Waals surface area (Å²) in [6.45, 7) is 42.5. The van der Waals surface area contributed by atoms with Crippen molar-refractivity contribution in [3.8, 4) is 18.0 Å². The molecule has 3 amide bonds. The fraction of sp³-hybridized carbons (Fsp3) is 0.500. The van der Waals surface area contributed by atoms with E-state index in [-0.39, 0.29) is 84.5 Å². The average molecular weight is 1910 g/mol. The third-order valence-corrected chi connectivity index (χ3v) is 27.7. The van der Waals surface area contributed by atoms with E-state index in [1.165, 1.54) is 80.0 Å². The molecule has 34 heteroatoms. The summed E-state index contributed by atoms with van der Waals surface area (Å²) in [6, 6.07) is 32.6. The van der Waals surface area contributed by atoms with E-state index in [0.29, 0.717) is 146 Å². The molecule has 17 rings (SSSR count). The van der Waals surface area contributed by atoms with Crippen molar-refractivity contribution in [1.82, 2.24) is 64.2 Å². The van der Waals surface area contributed by atoms with E-state index in [4.69, 9.17) is 87.0 Å². The zero-order chi connectivity index (χ0) is 91.9. The maximum absolute atomic E-state index is 14.9. The molecule has 134 heavy (non-hydrogen) atoms. The monoisotopic (exact) mass is 1900 g/mol. The van der Waals surface area contributed by atoms with Crippen LogP contribution in [0.3, 0.4) is 0 Å². The molecule has 6 fully saturated rings. The van der Waals surface area contributed by atoms with Gasteiger partial charge in [0, 0.05) is 165 Å². The molecule has 9 aliphatic heterocycles. The van der Waals surface area contributed by atoms with Crippen molar-refractivity contribution in [2.75, 3.05) is 215 Å². The first kappa shape index (κ1) is 102. The molecule has 0 spiro atoms. The van der Waals surface area contributed by atoms with Crippen molar-refractivity contribution in [3.05, 3.63) is 216 Å². The quantitative estimate of drug-likeness (QED) is 0.0406. The summed E-state index contributed by atoms with van der Waals surface area (Å²) in [5.41, 5.74) is 14.6. The predicted octanol–water partition coefficient (Wildman–Crippen LogP) is 13.8. The molecule has 6 saturated heterocycles. The van der Waals surface area contributed by atoms with Gasteiger partial charge in [-0.05, 0) is 197 Å². The molecule has 0 saturated carbocycles. The van der Waals surface area contributed by atoms with E-state index >= 15 is 0 Å². The Morgan fingerprint density at radius 1 is 0.485 bits per heavy atom. The first-order chi connectivity index (χ1) is 63.6. The van der Waals surface area contributed by atoms with Gasteiger partial charge in [0.1, 0.15) is 62.1 Å². The lowest BCUT2D eigenvalue weighted by Gasteiger charge is -2.41. The Labute approximate surface area is 812 Å². The number of likely N-dealkylation sites (tertiary alicyclic amines) is 3. The third kappa shape index (κ3) is 23.8. The van der Waals surface area contributed by atoms with Gasteiger partial charge in [-0.15, -0.1) is 0 Å². The molecule has 0 bridgehead atoms. The molecule has 3 aromatic heterocycles. The Hall–Kier alpha value is -10.9. The van der Waals surface area contributed by atoms with E-state index in [1.807, 2.05) is 26.2 Å². The van der Waals surface area contributed by atoms with Crippen LogP contribution >= 0.6 is 50.2 Å². The molecule has 714 valence electrons. The summed E-state index contributed by atoms with van der Waals surface area (Å²) in [7, 11) is 10.0. The Morgan fingerprint density at radius 2 is 0.866 bits per heavy atom. The molecule has 12 heterocycles. The van der Waals surface area contributed by atoms with E-state index in [9.17, 15) is 23.2 Å². The number of alkyl halides is 1. The van der Waals surface area contributed by atoms with Crippen molar-refractivity contribution in [2.24, 2.45) is 0 Å². The van der Waals surface area contributed by atoms with Gasteiger partial charge in [-0.2, -0.15) is 56.9 Å². The number of nitrogens with zero attached hydrogens (tertiary/aromatic N) is 22. The number of halogens is 4. The van der Waals surface area contributed by atoms with Gasteiger partial charge in [0.25, 0.3) is 5.91 Å². The number of amides is 3. The van der Waals surface area contributed by atoms with Crippen LogP contribution in [0.4, 0.5) is 43.3 Å². The molecule has 5 aromatic carbocycles. The minimum absolute atomic E-state index is 0. The summed E-state index contributed by atoms with van der Waals surface area (Å²) in [6.07, 6.45) is 14.2. The number of carbonyl (C=O) groups excluding carboxylic acids is 3. The van der Waals surface area contributed by atoms with Gasteiger partial charge in [0.05, 0.1) is 41.7 Å². The fourth-order valence-corrected chi connectivity index (χ4v) is 20.3. The summed E-state index contributed by atoms with van der Waals surface area (Å²) in [5.74, 6) is 0.594. The van der Waals surface area contributed by atoms with Crippen LogP contribution in [0.1, 0.15) is 96.4 Å². The minimum Gasteiger partial charge on any atom is -0.462 e. The second-order valence-corrected chi connectivity index (χ2v) is 36.5. The van der Waals surface area contributed by atoms with E-state index in [2.05, 4.69) is 179 Å². The van der Waals surface area contributed by atoms with Crippen molar-refractivity contribution in [1.29, 1.82) is 0 Å². The molecule has 8 aromatic rings.